The molecular formula is C17H18FN4O2S+. The molecule has 3 aromatic rings. The van der Waals surface area contributed by atoms with Crippen LogP contribution in [-0.4, -0.2) is 29.7 Å². The average Bonchev–Trinajstić information content (AvgIpc) is 3.25. The second-order valence-electron chi connectivity index (χ2n) is 5.73. The Labute approximate surface area is 148 Å². The van der Waals surface area contributed by atoms with Gasteiger partial charge in [0.05, 0.1) is 11.9 Å². The van der Waals surface area contributed by atoms with Crippen LogP contribution < -0.4 is 10.2 Å². The van der Waals surface area contributed by atoms with Gasteiger partial charge in [0.25, 0.3) is 17.7 Å². The van der Waals surface area contributed by atoms with E-state index in [1.165, 1.54) is 23.5 Å². The predicted molar refractivity (Wildman–Crippen MR) is 92.8 cm³/mol. The normalized spacial score (nSPS) is 13.4. The first-order valence-electron chi connectivity index (χ1n) is 7.78. The first-order chi connectivity index (χ1) is 12.0. The molecule has 0 bridgehead atoms. The third-order valence-electron chi connectivity index (χ3n) is 3.83. The molecule has 1 amide bonds. The van der Waals surface area contributed by atoms with Gasteiger partial charge in [-0.3, -0.25) is 4.79 Å². The predicted octanol–water partition coefficient (Wildman–Crippen LogP) is 2.15. The fraction of sp³-hybridized carbons (Fsp3) is 0.235. The number of aromatic nitrogens is 2. The average molecular weight is 361 g/mol. The maximum atomic E-state index is 13.2. The summed E-state index contributed by atoms with van der Waals surface area (Å²) in [4.78, 5) is 13.9. The summed E-state index contributed by atoms with van der Waals surface area (Å²) in [5.41, 5.74) is 0.434. The number of hydrogen-bond donors (Lipinski definition) is 2. The fourth-order valence-electron chi connectivity index (χ4n) is 2.30. The van der Waals surface area contributed by atoms with Crippen molar-refractivity contribution in [3.63, 3.8) is 0 Å². The van der Waals surface area contributed by atoms with Crippen LogP contribution in [0.5, 0.6) is 0 Å². The highest BCUT2D eigenvalue weighted by atomic mass is 32.1. The standard InChI is InChI=1S/C17H17FN4O2S/c1-11(16-20-21-17(24-16)14-7-4-8-25-14)22(2)10-15(23)19-13-6-3-5-12(18)9-13/h3-9,11H,10H2,1-2H3,(H,19,23)/p+1/t11-/m1/s1. The van der Waals surface area contributed by atoms with Gasteiger partial charge in [-0.15, -0.1) is 21.5 Å². The SMILES string of the molecule is C[C@H](c1nnc(-c2cccs2)o1)[NH+](C)CC(=O)Nc1cccc(F)c1. The van der Waals surface area contributed by atoms with Gasteiger partial charge in [0.2, 0.25) is 0 Å². The number of benzene rings is 1. The molecule has 0 radical (unpaired) electrons. The summed E-state index contributed by atoms with van der Waals surface area (Å²) in [5.74, 6) is 0.347. The molecule has 25 heavy (non-hydrogen) atoms. The molecule has 2 aromatic heterocycles. The van der Waals surface area contributed by atoms with Gasteiger partial charge < -0.3 is 14.6 Å². The number of likely N-dealkylation sites (N-methyl/N-ethyl adjacent to an activating group) is 1. The van der Waals surface area contributed by atoms with Crippen molar-refractivity contribution in [3.05, 3.63) is 53.5 Å². The molecular weight excluding hydrogens is 343 g/mol. The highest BCUT2D eigenvalue weighted by molar-refractivity contribution is 7.13. The van der Waals surface area contributed by atoms with Gasteiger partial charge in [-0.1, -0.05) is 12.1 Å². The Bertz CT molecular complexity index is 850. The molecule has 2 atom stereocenters. The fourth-order valence-corrected chi connectivity index (χ4v) is 2.94. The van der Waals surface area contributed by atoms with E-state index >= 15 is 0 Å². The van der Waals surface area contributed by atoms with E-state index in [1.807, 2.05) is 31.5 Å². The van der Waals surface area contributed by atoms with Crippen LogP contribution in [0.1, 0.15) is 18.9 Å². The number of thiophene rings is 1. The quantitative estimate of drug-likeness (QED) is 0.706. The second-order valence-corrected chi connectivity index (χ2v) is 6.67. The number of rotatable bonds is 6. The molecule has 2 N–H and O–H groups in total. The van der Waals surface area contributed by atoms with Crippen LogP contribution in [-0.2, 0) is 4.79 Å². The second kappa shape index (κ2) is 7.54. The van der Waals surface area contributed by atoms with Gasteiger partial charge in [-0.25, -0.2) is 4.39 Å². The molecule has 130 valence electrons. The number of amides is 1. The maximum absolute atomic E-state index is 13.2. The van der Waals surface area contributed by atoms with Gasteiger partial charge >= 0.3 is 0 Å². The number of carbonyl (C=O) groups is 1. The molecule has 8 heteroatoms. The number of nitrogens with one attached hydrogen (secondary N) is 2. The van der Waals surface area contributed by atoms with E-state index in [4.69, 9.17) is 4.42 Å². The third-order valence-corrected chi connectivity index (χ3v) is 4.69. The highest BCUT2D eigenvalue weighted by Crippen LogP contribution is 2.24. The lowest BCUT2D eigenvalue weighted by atomic mass is 10.3. The Hall–Kier alpha value is -2.58. The lowest BCUT2D eigenvalue weighted by Gasteiger charge is -2.18. The number of halogens is 1. The summed E-state index contributed by atoms with van der Waals surface area (Å²) in [6, 6.07) is 9.48. The first-order valence-corrected chi connectivity index (χ1v) is 8.66. The molecule has 0 saturated heterocycles. The minimum atomic E-state index is -0.390. The lowest BCUT2D eigenvalue weighted by molar-refractivity contribution is -0.903. The maximum Gasteiger partial charge on any atom is 0.279 e. The summed E-state index contributed by atoms with van der Waals surface area (Å²) < 4.78 is 18.9. The van der Waals surface area contributed by atoms with Gasteiger partial charge in [0, 0.05) is 5.69 Å². The molecule has 6 nitrogen and oxygen atoms in total. The summed E-state index contributed by atoms with van der Waals surface area (Å²) in [6.45, 7) is 2.10. The van der Waals surface area contributed by atoms with Crippen molar-refractivity contribution in [1.29, 1.82) is 0 Å². The minimum absolute atomic E-state index is 0.153. The van der Waals surface area contributed by atoms with Gasteiger partial charge in [-0.05, 0) is 36.6 Å². The van der Waals surface area contributed by atoms with E-state index in [2.05, 4.69) is 15.5 Å². The number of carbonyl (C=O) groups excluding carboxylic acids is 1. The molecule has 0 saturated carbocycles. The molecule has 1 aromatic carbocycles. The van der Waals surface area contributed by atoms with E-state index in [-0.39, 0.29) is 24.3 Å². The number of anilines is 1. The van der Waals surface area contributed by atoms with E-state index in [0.717, 1.165) is 9.78 Å². The third kappa shape index (κ3) is 4.28. The molecule has 2 heterocycles. The zero-order valence-corrected chi connectivity index (χ0v) is 14.6. The zero-order chi connectivity index (χ0) is 17.8. The Morgan fingerprint density at radius 3 is 2.92 bits per heavy atom. The number of nitrogens with zero attached hydrogens (tertiary/aromatic N) is 2. The molecule has 0 spiro atoms. The highest BCUT2D eigenvalue weighted by Gasteiger charge is 2.24. The van der Waals surface area contributed by atoms with Crippen LogP contribution in [0.2, 0.25) is 0 Å². The molecule has 0 aliphatic carbocycles. The van der Waals surface area contributed by atoms with Crippen LogP contribution in [0.4, 0.5) is 10.1 Å². The van der Waals surface area contributed by atoms with Crippen molar-refractivity contribution in [2.45, 2.75) is 13.0 Å². The van der Waals surface area contributed by atoms with E-state index in [0.29, 0.717) is 17.5 Å². The molecule has 0 aliphatic rings. The topological polar surface area (TPSA) is 72.5 Å². The van der Waals surface area contributed by atoms with Crippen molar-refractivity contribution < 1.29 is 18.5 Å². The van der Waals surface area contributed by atoms with Crippen molar-refractivity contribution >= 4 is 22.9 Å². The summed E-state index contributed by atoms with van der Waals surface area (Å²) in [7, 11) is 1.87. The molecule has 0 fully saturated rings. The van der Waals surface area contributed by atoms with Crippen LogP contribution in [0, 0.1) is 5.82 Å². The van der Waals surface area contributed by atoms with Crippen molar-refractivity contribution in [2.24, 2.45) is 0 Å². The van der Waals surface area contributed by atoms with E-state index < -0.39 is 0 Å². The van der Waals surface area contributed by atoms with E-state index in [1.54, 1.807) is 12.1 Å². The first kappa shape index (κ1) is 17.2. The van der Waals surface area contributed by atoms with E-state index in [9.17, 15) is 9.18 Å². The van der Waals surface area contributed by atoms with Crippen molar-refractivity contribution in [2.75, 3.05) is 18.9 Å². The van der Waals surface area contributed by atoms with Crippen LogP contribution >= 0.6 is 11.3 Å². The molecule has 3 rings (SSSR count). The zero-order valence-electron chi connectivity index (χ0n) is 13.8. The summed E-state index contributed by atoms with van der Waals surface area (Å²) in [6.07, 6.45) is 0. The number of quaternary nitrogens is 1. The van der Waals surface area contributed by atoms with Gasteiger partial charge in [0.15, 0.2) is 12.6 Å². The number of hydrogen-bond acceptors (Lipinski definition) is 5. The Balaban J connectivity index is 1.60. The largest absolute Gasteiger partial charge is 0.414 e. The Morgan fingerprint density at radius 2 is 2.20 bits per heavy atom. The molecule has 1 unspecified atom stereocenters. The summed E-state index contributed by atoms with van der Waals surface area (Å²) in [5, 5.41) is 12.8. The minimum Gasteiger partial charge on any atom is -0.414 e. The van der Waals surface area contributed by atoms with Gasteiger partial charge in [-0.2, -0.15) is 0 Å². The lowest BCUT2D eigenvalue weighted by Crippen LogP contribution is -3.10. The van der Waals surface area contributed by atoms with Gasteiger partial charge in [0.1, 0.15) is 5.82 Å². The van der Waals surface area contributed by atoms with Crippen molar-refractivity contribution in [3.8, 4) is 10.8 Å². The Kier molecular flexibility index (Phi) is 5.20. The smallest absolute Gasteiger partial charge is 0.279 e. The molecule has 0 aliphatic heterocycles. The Morgan fingerprint density at radius 1 is 1.36 bits per heavy atom. The summed E-state index contributed by atoms with van der Waals surface area (Å²) >= 11 is 1.52. The van der Waals surface area contributed by atoms with Crippen LogP contribution in [0.15, 0.2) is 46.2 Å². The van der Waals surface area contributed by atoms with Crippen LogP contribution in [0.25, 0.3) is 10.8 Å². The monoisotopic (exact) mass is 361 g/mol. The van der Waals surface area contributed by atoms with Crippen molar-refractivity contribution in [1.82, 2.24) is 10.2 Å². The van der Waals surface area contributed by atoms with Crippen LogP contribution in [0.3, 0.4) is 0 Å².